The predicted octanol–water partition coefficient (Wildman–Crippen LogP) is 6.06. The molecule has 0 spiro atoms. The molecule has 3 N–H and O–H groups in total. The third kappa shape index (κ3) is 4.00. The van der Waals surface area contributed by atoms with Crippen molar-refractivity contribution in [2.24, 2.45) is 11.3 Å². The summed E-state index contributed by atoms with van der Waals surface area (Å²) in [5.41, 5.74) is 3.22. The Morgan fingerprint density at radius 3 is 2.55 bits per heavy atom. The van der Waals surface area contributed by atoms with Gasteiger partial charge in [0, 0.05) is 33.7 Å². The first-order chi connectivity index (χ1) is 15.7. The van der Waals surface area contributed by atoms with Crippen molar-refractivity contribution in [2.75, 3.05) is 5.32 Å². The van der Waals surface area contributed by atoms with Gasteiger partial charge in [0.25, 0.3) is 0 Å². The normalized spacial score (nSPS) is 23.7. The number of hydrogen-bond donors (Lipinski definition) is 3. The molecule has 1 aromatic heterocycles. The fourth-order valence-corrected chi connectivity index (χ4v) is 6.06. The highest BCUT2D eigenvalue weighted by atomic mass is 35.5. The lowest BCUT2D eigenvalue weighted by atomic mass is 9.67. The van der Waals surface area contributed by atoms with E-state index in [1.807, 2.05) is 48.2 Å². The van der Waals surface area contributed by atoms with Gasteiger partial charge in [-0.2, -0.15) is 5.10 Å². The van der Waals surface area contributed by atoms with Gasteiger partial charge in [-0.05, 0) is 68.2 Å². The lowest BCUT2D eigenvalue weighted by Gasteiger charge is -2.46. The Hall–Kier alpha value is -2.57. The van der Waals surface area contributed by atoms with Crippen LogP contribution in [-0.4, -0.2) is 38.3 Å². The number of nitrogens with zero attached hydrogens (tertiary/aromatic N) is 2. The van der Waals surface area contributed by atoms with Crippen molar-refractivity contribution >= 4 is 34.2 Å². The SMILES string of the molecule is Cc1ccc(NC(=O)N2[C@@H]3CC[C@H]2CC(C(C)(C)C(O)c2cc(Cl)cc4cn[nH]c24)C3)cc1. The molecule has 0 radical (unpaired) electrons. The second kappa shape index (κ2) is 8.33. The van der Waals surface area contributed by atoms with Crippen LogP contribution in [0.1, 0.15) is 56.8 Å². The molecule has 2 bridgehead atoms. The fraction of sp³-hybridized carbons (Fsp3) is 0.462. The molecule has 0 saturated carbocycles. The van der Waals surface area contributed by atoms with Crippen molar-refractivity contribution in [2.45, 2.75) is 64.6 Å². The molecule has 2 saturated heterocycles. The van der Waals surface area contributed by atoms with Crippen molar-refractivity contribution in [3.05, 3.63) is 58.7 Å². The van der Waals surface area contributed by atoms with Crippen molar-refractivity contribution in [1.29, 1.82) is 0 Å². The zero-order valence-electron chi connectivity index (χ0n) is 19.3. The van der Waals surface area contributed by atoms with E-state index in [4.69, 9.17) is 11.6 Å². The van der Waals surface area contributed by atoms with Crippen LogP contribution in [0.2, 0.25) is 5.02 Å². The van der Waals surface area contributed by atoms with Crippen molar-refractivity contribution in [3.63, 3.8) is 0 Å². The van der Waals surface area contributed by atoms with Gasteiger partial charge in [-0.1, -0.05) is 43.1 Å². The number of aliphatic hydroxyl groups is 1. The molecule has 174 valence electrons. The van der Waals surface area contributed by atoms with E-state index in [1.165, 1.54) is 5.56 Å². The summed E-state index contributed by atoms with van der Waals surface area (Å²) in [6, 6.07) is 12.0. The van der Waals surface area contributed by atoms with E-state index in [1.54, 1.807) is 6.20 Å². The lowest BCUT2D eigenvalue weighted by molar-refractivity contribution is -0.0267. The van der Waals surface area contributed by atoms with Crippen LogP contribution >= 0.6 is 11.6 Å². The van der Waals surface area contributed by atoms with E-state index < -0.39 is 6.10 Å². The molecule has 5 rings (SSSR count). The molecule has 3 heterocycles. The molecule has 4 atom stereocenters. The molecule has 3 aromatic rings. The molecule has 6 nitrogen and oxygen atoms in total. The zero-order chi connectivity index (χ0) is 23.3. The number of benzene rings is 2. The Morgan fingerprint density at radius 1 is 1.21 bits per heavy atom. The second-order valence-electron chi connectivity index (χ2n) is 10.3. The van der Waals surface area contributed by atoms with E-state index in [0.29, 0.717) is 5.02 Å². The minimum absolute atomic E-state index is 0.0165. The van der Waals surface area contributed by atoms with E-state index in [-0.39, 0.29) is 29.4 Å². The highest BCUT2D eigenvalue weighted by molar-refractivity contribution is 6.31. The van der Waals surface area contributed by atoms with Crippen molar-refractivity contribution in [1.82, 2.24) is 15.1 Å². The monoisotopic (exact) mass is 466 g/mol. The minimum Gasteiger partial charge on any atom is -0.388 e. The molecule has 2 aliphatic rings. The Balaban J connectivity index is 1.34. The largest absolute Gasteiger partial charge is 0.388 e. The van der Waals surface area contributed by atoms with Crippen LogP contribution in [0.4, 0.5) is 10.5 Å². The van der Waals surface area contributed by atoms with Crippen LogP contribution < -0.4 is 5.32 Å². The van der Waals surface area contributed by atoms with Crippen LogP contribution in [-0.2, 0) is 0 Å². The third-order valence-corrected chi connectivity index (χ3v) is 8.08. The number of anilines is 1. The number of H-pyrrole nitrogens is 1. The molecule has 2 aromatic carbocycles. The molecule has 2 fully saturated rings. The number of amides is 2. The maximum absolute atomic E-state index is 13.1. The van der Waals surface area contributed by atoms with Crippen molar-refractivity contribution in [3.8, 4) is 0 Å². The van der Waals surface area contributed by atoms with Gasteiger partial charge in [0.2, 0.25) is 0 Å². The van der Waals surface area contributed by atoms with Gasteiger partial charge >= 0.3 is 6.03 Å². The molecule has 2 amide bonds. The number of piperidine rings is 1. The molecule has 0 aliphatic carbocycles. The number of carbonyl (C=O) groups is 1. The van der Waals surface area contributed by atoms with Gasteiger partial charge < -0.3 is 15.3 Å². The highest BCUT2D eigenvalue weighted by Crippen LogP contribution is 2.51. The Labute approximate surface area is 199 Å². The number of carbonyl (C=O) groups excluding carboxylic acids is 1. The Morgan fingerprint density at radius 2 is 1.88 bits per heavy atom. The number of halogens is 1. The van der Waals surface area contributed by atoms with Crippen LogP contribution in [0, 0.1) is 18.3 Å². The van der Waals surface area contributed by atoms with Crippen LogP contribution in [0.15, 0.2) is 42.6 Å². The van der Waals surface area contributed by atoms with Gasteiger partial charge in [0.05, 0.1) is 17.8 Å². The van der Waals surface area contributed by atoms with E-state index in [9.17, 15) is 9.90 Å². The summed E-state index contributed by atoms with van der Waals surface area (Å²) in [5, 5.41) is 23.3. The lowest BCUT2D eigenvalue weighted by Crippen LogP contribution is -2.51. The summed E-state index contributed by atoms with van der Waals surface area (Å²) in [6.45, 7) is 6.30. The van der Waals surface area contributed by atoms with Crippen molar-refractivity contribution < 1.29 is 9.90 Å². The smallest absolute Gasteiger partial charge is 0.322 e. The predicted molar refractivity (Wildman–Crippen MR) is 131 cm³/mol. The third-order valence-electron chi connectivity index (χ3n) is 7.87. The summed E-state index contributed by atoms with van der Waals surface area (Å²) in [4.78, 5) is 15.2. The first-order valence-corrected chi connectivity index (χ1v) is 12.1. The fourth-order valence-electron chi connectivity index (χ4n) is 5.83. The number of aromatic nitrogens is 2. The number of urea groups is 1. The van der Waals surface area contributed by atoms with E-state index in [2.05, 4.69) is 29.4 Å². The van der Waals surface area contributed by atoms with Gasteiger partial charge in [0.1, 0.15) is 0 Å². The van der Waals surface area contributed by atoms with Gasteiger partial charge in [0.15, 0.2) is 0 Å². The number of fused-ring (bicyclic) bond motifs is 3. The highest BCUT2D eigenvalue weighted by Gasteiger charge is 2.49. The Bertz CT molecular complexity index is 1160. The standard InChI is InChI=1S/C26H31ClN4O2/c1-15-4-6-19(7-5-15)29-25(33)31-20-8-9-21(31)12-17(11-20)26(2,3)24(32)22-13-18(27)10-16-14-28-30-23(16)22/h4-7,10,13-14,17,20-21,24,32H,8-9,11-12H2,1-3H3,(H,28,30)(H,29,33)/t17?,20-,21+,24?. The van der Waals surface area contributed by atoms with Gasteiger partial charge in [-0.3, -0.25) is 5.10 Å². The average molecular weight is 467 g/mol. The number of hydrogen-bond acceptors (Lipinski definition) is 3. The van der Waals surface area contributed by atoms with Crippen LogP contribution in [0.25, 0.3) is 10.9 Å². The molecule has 33 heavy (non-hydrogen) atoms. The number of aromatic amines is 1. The number of nitrogens with one attached hydrogen (secondary N) is 2. The summed E-state index contributed by atoms with van der Waals surface area (Å²) in [5.74, 6) is 0.283. The molecule has 7 heteroatoms. The zero-order valence-corrected chi connectivity index (χ0v) is 20.1. The van der Waals surface area contributed by atoms with E-state index in [0.717, 1.165) is 47.8 Å². The summed E-state index contributed by atoms with van der Waals surface area (Å²) < 4.78 is 0. The number of aliphatic hydroxyl groups excluding tert-OH is 1. The van der Waals surface area contributed by atoms with Crippen LogP contribution in [0.3, 0.4) is 0 Å². The summed E-state index contributed by atoms with van der Waals surface area (Å²) in [7, 11) is 0. The number of rotatable bonds is 4. The topological polar surface area (TPSA) is 81.2 Å². The second-order valence-corrected chi connectivity index (χ2v) is 10.7. The molecule has 2 unspecified atom stereocenters. The maximum Gasteiger partial charge on any atom is 0.322 e. The summed E-state index contributed by atoms with van der Waals surface area (Å²) in [6.07, 6.45) is 4.82. The average Bonchev–Trinajstić information content (AvgIpc) is 3.35. The van der Waals surface area contributed by atoms with Gasteiger partial charge in [-0.25, -0.2) is 4.79 Å². The molecule has 2 aliphatic heterocycles. The van der Waals surface area contributed by atoms with E-state index >= 15 is 0 Å². The molecular formula is C26H31ClN4O2. The molecular weight excluding hydrogens is 436 g/mol. The van der Waals surface area contributed by atoms with Crippen LogP contribution in [0.5, 0.6) is 0 Å². The quantitative estimate of drug-likeness (QED) is 0.437. The first kappa shape index (κ1) is 22.2. The first-order valence-electron chi connectivity index (χ1n) is 11.7. The minimum atomic E-state index is -0.698. The van der Waals surface area contributed by atoms with Gasteiger partial charge in [-0.15, -0.1) is 0 Å². The summed E-state index contributed by atoms with van der Waals surface area (Å²) >= 11 is 6.34. The maximum atomic E-state index is 13.1. The Kier molecular flexibility index (Phi) is 5.61. The number of aryl methyl sites for hydroxylation is 1.